The fourth-order valence-electron chi connectivity index (χ4n) is 5.51. The summed E-state index contributed by atoms with van der Waals surface area (Å²) < 4.78 is 1.95. The Kier molecular flexibility index (Phi) is 5.94. The van der Waals surface area contributed by atoms with Crippen molar-refractivity contribution in [3.8, 4) is 0 Å². The van der Waals surface area contributed by atoms with Gasteiger partial charge in [0, 0.05) is 37.0 Å². The summed E-state index contributed by atoms with van der Waals surface area (Å²) in [6.45, 7) is 5.88. The van der Waals surface area contributed by atoms with E-state index < -0.39 is 0 Å². The van der Waals surface area contributed by atoms with Crippen molar-refractivity contribution < 1.29 is 9.59 Å². The van der Waals surface area contributed by atoms with Gasteiger partial charge in [-0.3, -0.25) is 9.59 Å². The Morgan fingerprint density at radius 1 is 1.03 bits per heavy atom. The van der Waals surface area contributed by atoms with Crippen LogP contribution in [-0.4, -0.2) is 50.6 Å². The van der Waals surface area contributed by atoms with Crippen molar-refractivity contribution in [2.24, 2.45) is 5.92 Å². The molecule has 3 heterocycles. The first kappa shape index (κ1) is 22.3. The van der Waals surface area contributed by atoms with Crippen molar-refractivity contribution in [1.82, 2.24) is 25.0 Å². The van der Waals surface area contributed by atoms with E-state index in [9.17, 15) is 9.59 Å². The Hall–Kier alpha value is -3.48. The van der Waals surface area contributed by atoms with Gasteiger partial charge >= 0.3 is 0 Å². The molecule has 2 atom stereocenters. The van der Waals surface area contributed by atoms with Crippen LogP contribution in [0.5, 0.6) is 0 Å². The Labute approximate surface area is 200 Å². The van der Waals surface area contributed by atoms with Crippen LogP contribution in [0.3, 0.4) is 0 Å². The van der Waals surface area contributed by atoms with Gasteiger partial charge in [-0.25, -0.2) is 0 Å². The molecule has 0 unspecified atom stereocenters. The number of hydrogen-bond donors (Lipinski definition) is 1. The first-order valence-electron chi connectivity index (χ1n) is 12.1. The van der Waals surface area contributed by atoms with Gasteiger partial charge in [0.15, 0.2) is 0 Å². The highest BCUT2D eigenvalue weighted by atomic mass is 16.2. The van der Waals surface area contributed by atoms with E-state index in [0.29, 0.717) is 43.4 Å². The number of nitrogens with zero attached hydrogens (tertiary/aromatic N) is 4. The van der Waals surface area contributed by atoms with Crippen LogP contribution < -0.4 is 5.32 Å². The fraction of sp³-hybridized carbons (Fsp3) is 0.407. The predicted molar refractivity (Wildman–Crippen MR) is 130 cm³/mol. The maximum absolute atomic E-state index is 13.6. The normalized spacial score (nSPS) is 21.6. The zero-order chi connectivity index (χ0) is 23.7. The van der Waals surface area contributed by atoms with Crippen molar-refractivity contribution >= 4 is 11.8 Å². The average molecular weight is 458 g/mol. The molecule has 0 bridgehead atoms. The summed E-state index contributed by atoms with van der Waals surface area (Å²) in [6.07, 6.45) is 2.45. The first-order valence-corrected chi connectivity index (χ1v) is 12.1. The molecule has 2 aliphatic rings. The molecule has 0 aliphatic carbocycles. The number of hydrogen-bond acceptors (Lipinski definition) is 4. The summed E-state index contributed by atoms with van der Waals surface area (Å²) >= 11 is 0. The standard InChI is InChI=1S/C27H31N5O2/c1-19(2)17-28-25(33)24-30-29-23-13-14-27(21-11-7-4-8-12-21)15-16-31(22(27)18-32(23)24)26(34)20-9-5-3-6-10-20/h3-12,19,22H,13-18H2,1-2H3,(H,28,33)/t22-,27-/m1/s1. The summed E-state index contributed by atoms with van der Waals surface area (Å²) in [7, 11) is 0. The first-order chi connectivity index (χ1) is 16.5. The minimum atomic E-state index is -0.210. The molecule has 0 spiro atoms. The second kappa shape index (κ2) is 9.05. The lowest BCUT2D eigenvalue weighted by Gasteiger charge is -2.37. The molecule has 1 saturated heterocycles. The number of aryl methyl sites for hydroxylation is 1. The lowest BCUT2D eigenvalue weighted by Crippen LogP contribution is -2.47. The van der Waals surface area contributed by atoms with Gasteiger partial charge in [0.2, 0.25) is 5.82 Å². The minimum Gasteiger partial charge on any atom is -0.349 e. The van der Waals surface area contributed by atoms with Gasteiger partial charge in [-0.1, -0.05) is 62.4 Å². The molecule has 5 rings (SSSR count). The van der Waals surface area contributed by atoms with Gasteiger partial charge in [0.1, 0.15) is 5.82 Å². The van der Waals surface area contributed by atoms with E-state index in [1.807, 2.05) is 45.9 Å². The van der Waals surface area contributed by atoms with E-state index in [2.05, 4.69) is 53.6 Å². The zero-order valence-corrected chi connectivity index (χ0v) is 19.8. The molecule has 34 heavy (non-hydrogen) atoms. The Bertz CT molecular complexity index is 1170. The maximum Gasteiger partial charge on any atom is 0.289 e. The van der Waals surface area contributed by atoms with E-state index in [4.69, 9.17) is 0 Å². The van der Waals surface area contributed by atoms with Gasteiger partial charge in [-0.05, 0) is 36.5 Å². The smallest absolute Gasteiger partial charge is 0.289 e. The maximum atomic E-state index is 13.6. The van der Waals surface area contributed by atoms with E-state index >= 15 is 0 Å². The van der Waals surface area contributed by atoms with E-state index in [1.165, 1.54) is 5.56 Å². The number of aromatic nitrogens is 3. The van der Waals surface area contributed by atoms with Crippen molar-refractivity contribution in [3.05, 3.63) is 83.4 Å². The van der Waals surface area contributed by atoms with Crippen LogP contribution in [-0.2, 0) is 18.4 Å². The molecule has 2 amide bonds. The van der Waals surface area contributed by atoms with Gasteiger partial charge in [0.05, 0.1) is 6.04 Å². The lowest BCUT2D eigenvalue weighted by atomic mass is 9.71. The van der Waals surface area contributed by atoms with Gasteiger partial charge in [-0.2, -0.15) is 0 Å². The van der Waals surface area contributed by atoms with Crippen molar-refractivity contribution in [1.29, 1.82) is 0 Å². The van der Waals surface area contributed by atoms with Crippen LogP contribution in [0.25, 0.3) is 0 Å². The largest absolute Gasteiger partial charge is 0.349 e. The van der Waals surface area contributed by atoms with Gasteiger partial charge in [-0.15, -0.1) is 10.2 Å². The number of rotatable bonds is 5. The molecule has 176 valence electrons. The Morgan fingerprint density at radius 2 is 1.74 bits per heavy atom. The molecule has 0 saturated carbocycles. The molecule has 3 aromatic rings. The van der Waals surface area contributed by atoms with Crippen LogP contribution in [0.4, 0.5) is 0 Å². The molecule has 2 aliphatic heterocycles. The van der Waals surface area contributed by atoms with E-state index in [-0.39, 0.29) is 23.3 Å². The molecular weight excluding hydrogens is 426 g/mol. The second-order valence-electron chi connectivity index (χ2n) is 9.81. The number of benzene rings is 2. The lowest BCUT2D eigenvalue weighted by molar-refractivity contribution is 0.0688. The summed E-state index contributed by atoms with van der Waals surface area (Å²) in [5.74, 6) is 1.31. The topological polar surface area (TPSA) is 80.1 Å². The third-order valence-corrected chi connectivity index (χ3v) is 7.29. The van der Waals surface area contributed by atoms with Crippen molar-refractivity contribution in [3.63, 3.8) is 0 Å². The minimum absolute atomic E-state index is 0.0331. The van der Waals surface area contributed by atoms with E-state index in [1.54, 1.807) is 0 Å². The van der Waals surface area contributed by atoms with Crippen LogP contribution >= 0.6 is 0 Å². The molecule has 1 fully saturated rings. The van der Waals surface area contributed by atoms with Crippen LogP contribution in [0, 0.1) is 5.92 Å². The van der Waals surface area contributed by atoms with Gasteiger partial charge < -0.3 is 14.8 Å². The number of carbonyl (C=O) groups is 2. The van der Waals surface area contributed by atoms with Crippen molar-refractivity contribution in [2.75, 3.05) is 13.1 Å². The molecule has 0 radical (unpaired) electrons. The fourth-order valence-corrected chi connectivity index (χ4v) is 5.51. The summed E-state index contributed by atoms with van der Waals surface area (Å²) in [5, 5.41) is 11.6. The number of fused-ring (bicyclic) bond motifs is 2. The number of nitrogens with one attached hydrogen (secondary N) is 1. The molecule has 7 nitrogen and oxygen atoms in total. The molecule has 1 aromatic heterocycles. The molecule has 2 aromatic carbocycles. The SMILES string of the molecule is CC(C)CNC(=O)c1nnc2n1C[C@H]1N(C(=O)c3ccccc3)CC[C@@]1(c1ccccc1)CC2. The summed E-state index contributed by atoms with van der Waals surface area (Å²) in [6, 6.07) is 19.9. The number of likely N-dealkylation sites (tertiary alicyclic amines) is 1. The van der Waals surface area contributed by atoms with Gasteiger partial charge in [0.25, 0.3) is 11.8 Å². The summed E-state index contributed by atoms with van der Waals surface area (Å²) in [5.41, 5.74) is 1.74. The summed E-state index contributed by atoms with van der Waals surface area (Å²) in [4.78, 5) is 28.6. The number of amides is 2. The van der Waals surface area contributed by atoms with Crippen LogP contribution in [0.1, 0.15) is 59.1 Å². The highest BCUT2D eigenvalue weighted by Gasteiger charge is 2.51. The Balaban J connectivity index is 1.54. The number of carbonyl (C=O) groups excluding carboxylic acids is 2. The Morgan fingerprint density at radius 3 is 2.44 bits per heavy atom. The highest BCUT2D eigenvalue weighted by Crippen LogP contribution is 2.46. The third kappa shape index (κ3) is 3.89. The second-order valence-corrected chi connectivity index (χ2v) is 9.81. The highest BCUT2D eigenvalue weighted by molar-refractivity contribution is 5.95. The monoisotopic (exact) mass is 457 g/mol. The molecule has 7 heteroatoms. The average Bonchev–Trinajstić information content (AvgIpc) is 3.40. The van der Waals surface area contributed by atoms with Crippen LogP contribution in [0.2, 0.25) is 0 Å². The van der Waals surface area contributed by atoms with Crippen molar-refractivity contribution in [2.45, 2.75) is 51.1 Å². The molecule has 1 N–H and O–H groups in total. The quantitative estimate of drug-likeness (QED) is 0.636. The molecular formula is C27H31N5O2. The zero-order valence-electron chi connectivity index (χ0n) is 19.8. The predicted octanol–water partition coefficient (Wildman–Crippen LogP) is 3.46. The third-order valence-electron chi connectivity index (χ3n) is 7.29. The van der Waals surface area contributed by atoms with E-state index in [0.717, 1.165) is 18.7 Å². The van der Waals surface area contributed by atoms with Crippen LogP contribution in [0.15, 0.2) is 60.7 Å².